The summed E-state index contributed by atoms with van der Waals surface area (Å²) in [6, 6.07) is 4.45. The minimum atomic E-state index is -0.573. The molecule has 1 atom stereocenters. The highest BCUT2D eigenvalue weighted by molar-refractivity contribution is 7.17. The molecule has 182 valence electrons. The number of carbonyl (C=O) groups excluding carboxylic acids is 2. The summed E-state index contributed by atoms with van der Waals surface area (Å²) in [5, 5.41) is 15.0. The Balaban J connectivity index is 1.62. The fourth-order valence-electron chi connectivity index (χ4n) is 4.73. The van der Waals surface area contributed by atoms with E-state index in [-0.39, 0.29) is 16.7 Å². The maximum atomic E-state index is 13.1. The molecule has 2 aliphatic rings. The molecule has 3 N–H and O–H groups in total. The summed E-state index contributed by atoms with van der Waals surface area (Å²) in [4.78, 5) is 39.6. The van der Waals surface area contributed by atoms with Crippen molar-refractivity contribution in [2.75, 3.05) is 36.5 Å². The number of nitrogens with two attached hydrogens (primary N) is 1. The van der Waals surface area contributed by atoms with E-state index < -0.39 is 16.7 Å². The molecule has 1 aliphatic carbocycles. The van der Waals surface area contributed by atoms with Gasteiger partial charge in [-0.2, -0.15) is 0 Å². The largest absolute Gasteiger partial charge is 0.378 e. The molecule has 34 heavy (non-hydrogen) atoms. The van der Waals surface area contributed by atoms with Crippen LogP contribution in [0, 0.1) is 21.4 Å². The SMILES string of the molecule is CC(C)(C)C1CCc2c(sc(NC(=O)c3ccc(N4CCOCC4)c([N+](=O)[O-])c3)c2C(N)=O)C1. The van der Waals surface area contributed by atoms with Crippen LogP contribution in [0.2, 0.25) is 0 Å². The molecule has 1 fully saturated rings. The molecule has 1 unspecified atom stereocenters. The fraction of sp³-hybridized carbons (Fsp3) is 0.500. The lowest BCUT2D eigenvalue weighted by atomic mass is 9.72. The van der Waals surface area contributed by atoms with E-state index >= 15 is 0 Å². The van der Waals surface area contributed by atoms with Crippen molar-refractivity contribution in [2.45, 2.75) is 40.0 Å². The molecule has 2 heterocycles. The van der Waals surface area contributed by atoms with Gasteiger partial charge < -0.3 is 20.7 Å². The zero-order valence-corrected chi connectivity index (χ0v) is 20.5. The van der Waals surface area contributed by atoms with Crippen molar-refractivity contribution in [1.82, 2.24) is 0 Å². The molecule has 10 heteroatoms. The Labute approximate surface area is 202 Å². The van der Waals surface area contributed by atoms with Crippen LogP contribution in [0.4, 0.5) is 16.4 Å². The number of anilines is 2. The minimum absolute atomic E-state index is 0.136. The second-order valence-electron chi connectivity index (χ2n) is 9.89. The van der Waals surface area contributed by atoms with Gasteiger partial charge in [-0.15, -0.1) is 11.3 Å². The molecule has 0 saturated carbocycles. The van der Waals surface area contributed by atoms with Gasteiger partial charge in [-0.3, -0.25) is 19.7 Å². The number of carbonyl (C=O) groups is 2. The van der Waals surface area contributed by atoms with E-state index in [1.165, 1.54) is 17.4 Å². The topological polar surface area (TPSA) is 128 Å². The second-order valence-corrected chi connectivity index (χ2v) is 11.0. The van der Waals surface area contributed by atoms with Crippen LogP contribution >= 0.6 is 11.3 Å². The zero-order valence-electron chi connectivity index (χ0n) is 19.7. The Kier molecular flexibility index (Phi) is 6.64. The van der Waals surface area contributed by atoms with Gasteiger partial charge >= 0.3 is 0 Å². The van der Waals surface area contributed by atoms with Gasteiger partial charge in [-0.25, -0.2) is 0 Å². The Morgan fingerprint density at radius 1 is 1.26 bits per heavy atom. The van der Waals surface area contributed by atoms with E-state index in [1.54, 1.807) is 12.1 Å². The highest BCUT2D eigenvalue weighted by atomic mass is 32.1. The summed E-state index contributed by atoms with van der Waals surface area (Å²) in [6.07, 6.45) is 2.52. The number of hydrogen-bond acceptors (Lipinski definition) is 7. The van der Waals surface area contributed by atoms with Gasteiger partial charge in [0.25, 0.3) is 17.5 Å². The van der Waals surface area contributed by atoms with Gasteiger partial charge in [0.1, 0.15) is 10.7 Å². The van der Waals surface area contributed by atoms with Crippen LogP contribution in [-0.4, -0.2) is 43.0 Å². The molecule has 1 aromatic carbocycles. The Hall–Kier alpha value is -2.98. The first-order valence-electron chi connectivity index (χ1n) is 11.4. The molecule has 1 aromatic heterocycles. The van der Waals surface area contributed by atoms with E-state index in [1.807, 2.05) is 4.90 Å². The summed E-state index contributed by atoms with van der Waals surface area (Å²) in [5.74, 6) is -0.612. The molecule has 2 amide bonds. The third-order valence-electron chi connectivity index (χ3n) is 6.75. The number of morpholine rings is 1. The van der Waals surface area contributed by atoms with E-state index in [2.05, 4.69) is 26.1 Å². The van der Waals surface area contributed by atoms with Crippen LogP contribution in [0.1, 0.15) is 58.3 Å². The summed E-state index contributed by atoms with van der Waals surface area (Å²) >= 11 is 1.38. The number of nitrogens with zero attached hydrogens (tertiary/aromatic N) is 2. The number of ether oxygens (including phenoxy) is 1. The number of hydrogen-bond donors (Lipinski definition) is 2. The maximum Gasteiger partial charge on any atom is 0.293 e. The third kappa shape index (κ3) is 4.78. The maximum absolute atomic E-state index is 13.1. The Bertz CT molecular complexity index is 1130. The van der Waals surface area contributed by atoms with Gasteiger partial charge in [0.2, 0.25) is 0 Å². The number of rotatable bonds is 5. The highest BCUT2D eigenvalue weighted by Crippen LogP contribution is 2.44. The lowest BCUT2D eigenvalue weighted by Gasteiger charge is -2.33. The predicted molar refractivity (Wildman–Crippen MR) is 132 cm³/mol. The number of nitrogens with one attached hydrogen (secondary N) is 1. The van der Waals surface area contributed by atoms with Gasteiger partial charge in [-0.05, 0) is 48.3 Å². The van der Waals surface area contributed by atoms with Crippen LogP contribution < -0.4 is 16.0 Å². The van der Waals surface area contributed by atoms with Crippen LogP contribution in [0.5, 0.6) is 0 Å². The number of nitro benzene ring substituents is 1. The number of thiophene rings is 1. The van der Waals surface area contributed by atoms with Crippen molar-refractivity contribution in [3.8, 4) is 0 Å². The molecular weight excluding hydrogens is 456 g/mol. The quantitative estimate of drug-likeness (QED) is 0.486. The first-order valence-corrected chi connectivity index (χ1v) is 12.2. The highest BCUT2D eigenvalue weighted by Gasteiger charge is 2.34. The molecule has 4 rings (SSSR count). The molecule has 2 aromatic rings. The van der Waals surface area contributed by atoms with Crippen molar-refractivity contribution in [3.05, 3.63) is 49.9 Å². The summed E-state index contributed by atoms with van der Waals surface area (Å²) in [6.45, 7) is 8.71. The monoisotopic (exact) mass is 486 g/mol. The fourth-order valence-corrected chi connectivity index (χ4v) is 6.06. The number of nitro groups is 1. The van der Waals surface area contributed by atoms with Gasteiger partial charge in [-0.1, -0.05) is 20.8 Å². The third-order valence-corrected chi connectivity index (χ3v) is 7.92. The average Bonchev–Trinajstić information content (AvgIpc) is 3.15. The standard InChI is InChI=1S/C24H30N4O5S/c1-24(2,3)15-5-6-16-19(13-15)34-23(20(16)21(25)29)26-22(30)14-4-7-17(18(12-14)28(31)32)27-8-10-33-11-9-27/h4,7,12,15H,5-6,8-11,13H2,1-3H3,(H2,25,29)(H,26,30). The van der Waals surface area contributed by atoms with E-state index in [9.17, 15) is 19.7 Å². The van der Waals surface area contributed by atoms with E-state index in [0.29, 0.717) is 48.5 Å². The summed E-state index contributed by atoms with van der Waals surface area (Å²) in [5.41, 5.74) is 7.59. The first kappa shape index (κ1) is 24.2. The number of benzene rings is 1. The van der Waals surface area contributed by atoms with Gasteiger partial charge in [0, 0.05) is 29.6 Å². The molecule has 1 saturated heterocycles. The number of fused-ring (bicyclic) bond motifs is 1. The van der Waals surface area contributed by atoms with Crippen molar-refractivity contribution in [2.24, 2.45) is 17.1 Å². The lowest BCUT2D eigenvalue weighted by molar-refractivity contribution is -0.384. The smallest absolute Gasteiger partial charge is 0.293 e. The molecular formula is C24H30N4O5S. The number of primary amides is 1. The van der Waals surface area contributed by atoms with Crippen molar-refractivity contribution < 1.29 is 19.2 Å². The van der Waals surface area contributed by atoms with Gasteiger partial charge in [0.15, 0.2) is 0 Å². The normalized spacial score (nSPS) is 18.3. The average molecular weight is 487 g/mol. The minimum Gasteiger partial charge on any atom is -0.378 e. The number of amides is 2. The Morgan fingerprint density at radius 2 is 1.97 bits per heavy atom. The molecule has 0 bridgehead atoms. The molecule has 0 spiro atoms. The summed E-state index contributed by atoms with van der Waals surface area (Å²) < 4.78 is 5.33. The first-order chi connectivity index (χ1) is 16.1. The lowest BCUT2D eigenvalue weighted by Crippen LogP contribution is -2.36. The summed E-state index contributed by atoms with van der Waals surface area (Å²) in [7, 11) is 0. The zero-order chi connectivity index (χ0) is 24.6. The van der Waals surface area contributed by atoms with Crippen molar-refractivity contribution in [3.63, 3.8) is 0 Å². The van der Waals surface area contributed by atoms with Crippen LogP contribution in [-0.2, 0) is 17.6 Å². The van der Waals surface area contributed by atoms with Crippen LogP contribution in [0.15, 0.2) is 18.2 Å². The molecule has 9 nitrogen and oxygen atoms in total. The predicted octanol–water partition coefficient (Wildman–Crippen LogP) is 4.00. The van der Waals surface area contributed by atoms with Crippen LogP contribution in [0.25, 0.3) is 0 Å². The van der Waals surface area contributed by atoms with Crippen molar-refractivity contribution >= 4 is 39.5 Å². The van der Waals surface area contributed by atoms with E-state index in [0.717, 1.165) is 29.7 Å². The van der Waals surface area contributed by atoms with Gasteiger partial charge in [0.05, 0.1) is 23.7 Å². The second kappa shape index (κ2) is 9.34. The van der Waals surface area contributed by atoms with Crippen molar-refractivity contribution in [1.29, 1.82) is 0 Å². The Morgan fingerprint density at radius 3 is 2.59 bits per heavy atom. The molecule has 1 aliphatic heterocycles. The van der Waals surface area contributed by atoms with E-state index in [4.69, 9.17) is 10.5 Å². The molecule has 0 radical (unpaired) electrons. The van der Waals surface area contributed by atoms with Crippen LogP contribution in [0.3, 0.4) is 0 Å².